The van der Waals surface area contributed by atoms with Crippen molar-refractivity contribution in [3.63, 3.8) is 0 Å². The summed E-state index contributed by atoms with van der Waals surface area (Å²) in [6.07, 6.45) is 1.54. The third kappa shape index (κ3) is 4.05. The zero-order valence-corrected chi connectivity index (χ0v) is 12.2. The Hall–Kier alpha value is -0.960. The highest BCUT2D eigenvalue weighted by Crippen LogP contribution is 2.04. The molecule has 1 aliphatic rings. The first kappa shape index (κ1) is 15.1. The number of nitrogens with two attached hydrogens (primary N) is 1. The van der Waals surface area contributed by atoms with Gasteiger partial charge in [0.15, 0.2) is 5.96 Å². The van der Waals surface area contributed by atoms with Gasteiger partial charge in [-0.25, -0.2) is 9.38 Å². The fraction of sp³-hybridized carbons (Fsp3) is 0.455. The van der Waals surface area contributed by atoms with E-state index in [0.717, 1.165) is 13.1 Å². The second-order valence-electron chi connectivity index (χ2n) is 3.71. The van der Waals surface area contributed by atoms with E-state index in [0.29, 0.717) is 24.9 Å². The van der Waals surface area contributed by atoms with Crippen LogP contribution in [0.5, 0.6) is 0 Å². The number of morpholine rings is 1. The summed E-state index contributed by atoms with van der Waals surface area (Å²) in [4.78, 5) is 9.98. The molecule has 5 nitrogen and oxygen atoms in total. The summed E-state index contributed by atoms with van der Waals surface area (Å²) in [7, 11) is 0. The van der Waals surface area contributed by atoms with Crippen LogP contribution >= 0.6 is 24.0 Å². The van der Waals surface area contributed by atoms with Crippen LogP contribution in [0.1, 0.15) is 5.69 Å². The van der Waals surface area contributed by atoms with Crippen molar-refractivity contribution in [1.29, 1.82) is 0 Å². The largest absolute Gasteiger partial charge is 0.378 e. The van der Waals surface area contributed by atoms with Gasteiger partial charge in [0.2, 0.25) is 0 Å². The Bertz CT molecular complexity index is 410. The molecule has 2 N–H and O–H groups in total. The predicted molar refractivity (Wildman–Crippen MR) is 77.3 cm³/mol. The van der Waals surface area contributed by atoms with Crippen LogP contribution in [-0.4, -0.2) is 42.1 Å². The lowest BCUT2D eigenvalue weighted by Gasteiger charge is -2.27. The van der Waals surface area contributed by atoms with Gasteiger partial charge in [0.1, 0.15) is 5.82 Å². The monoisotopic (exact) mass is 366 g/mol. The summed E-state index contributed by atoms with van der Waals surface area (Å²) in [6, 6.07) is 2.91. The highest BCUT2D eigenvalue weighted by atomic mass is 127. The van der Waals surface area contributed by atoms with Crippen LogP contribution in [0.2, 0.25) is 0 Å². The Labute approximate surface area is 122 Å². The quantitative estimate of drug-likeness (QED) is 0.482. The van der Waals surface area contributed by atoms with Gasteiger partial charge >= 0.3 is 0 Å². The first-order valence-corrected chi connectivity index (χ1v) is 5.49. The Morgan fingerprint density at radius 2 is 2.22 bits per heavy atom. The molecule has 0 atom stereocenters. The Kier molecular flexibility index (Phi) is 6.27. The van der Waals surface area contributed by atoms with Crippen molar-refractivity contribution >= 4 is 29.9 Å². The molecule has 1 aromatic rings. The van der Waals surface area contributed by atoms with Gasteiger partial charge in [-0.05, 0) is 12.1 Å². The highest BCUT2D eigenvalue weighted by Gasteiger charge is 2.12. The highest BCUT2D eigenvalue weighted by molar-refractivity contribution is 14.0. The topological polar surface area (TPSA) is 63.7 Å². The van der Waals surface area contributed by atoms with E-state index in [4.69, 9.17) is 10.5 Å². The minimum Gasteiger partial charge on any atom is -0.378 e. The zero-order valence-electron chi connectivity index (χ0n) is 9.88. The molecule has 0 aromatic carbocycles. The normalized spacial score (nSPS) is 16.3. The summed E-state index contributed by atoms with van der Waals surface area (Å²) in [5.41, 5.74) is 6.13. The molecule has 2 rings (SSSR count). The van der Waals surface area contributed by atoms with Gasteiger partial charge in [0.25, 0.3) is 0 Å². The molecule has 0 saturated carbocycles. The van der Waals surface area contributed by atoms with Crippen molar-refractivity contribution in [2.24, 2.45) is 10.7 Å². The first-order chi connectivity index (χ1) is 8.27. The zero-order chi connectivity index (χ0) is 12.1. The van der Waals surface area contributed by atoms with Gasteiger partial charge in [0.05, 0.1) is 25.5 Å². The number of hydrogen-bond donors (Lipinski definition) is 1. The average molecular weight is 366 g/mol. The molecule has 100 valence electrons. The maximum absolute atomic E-state index is 13.3. The molecule has 1 saturated heterocycles. The summed E-state index contributed by atoms with van der Waals surface area (Å²) >= 11 is 0. The van der Waals surface area contributed by atoms with Crippen LogP contribution < -0.4 is 5.73 Å². The Morgan fingerprint density at radius 3 is 2.89 bits per heavy atom. The van der Waals surface area contributed by atoms with E-state index in [1.165, 1.54) is 6.07 Å². The van der Waals surface area contributed by atoms with E-state index in [-0.39, 0.29) is 36.3 Å². The molecule has 18 heavy (non-hydrogen) atoms. The maximum atomic E-state index is 13.3. The first-order valence-electron chi connectivity index (χ1n) is 5.49. The Balaban J connectivity index is 0.00000162. The van der Waals surface area contributed by atoms with Crippen LogP contribution in [0.15, 0.2) is 23.3 Å². The van der Waals surface area contributed by atoms with Gasteiger partial charge in [-0.3, -0.25) is 4.98 Å². The van der Waals surface area contributed by atoms with Gasteiger partial charge in [0, 0.05) is 19.3 Å². The molecule has 1 aromatic heterocycles. The number of nitrogens with zero attached hydrogens (tertiary/aromatic N) is 3. The molecule has 1 fully saturated rings. The molecule has 7 heteroatoms. The maximum Gasteiger partial charge on any atom is 0.191 e. The number of aliphatic imine (C=N–C) groups is 1. The van der Waals surface area contributed by atoms with E-state index in [1.807, 2.05) is 4.90 Å². The van der Waals surface area contributed by atoms with Crippen molar-refractivity contribution in [2.45, 2.75) is 6.54 Å². The molecule has 0 bridgehead atoms. The van der Waals surface area contributed by atoms with Crippen LogP contribution in [0.25, 0.3) is 0 Å². The molecular weight excluding hydrogens is 350 g/mol. The Morgan fingerprint density at radius 1 is 1.50 bits per heavy atom. The molecule has 0 spiro atoms. The van der Waals surface area contributed by atoms with E-state index < -0.39 is 0 Å². The lowest BCUT2D eigenvalue weighted by molar-refractivity contribution is 0.0674. The summed E-state index contributed by atoms with van der Waals surface area (Å²) in [5.74, 6) is 0.0596. The van der Waals surface area contributed by atoms with E-state index in [9.17, 15) is 4.39 Å². The minimum absolute atomic E-state index is 0. The number of aromatic nitrogens is 1. The molecule has 0 amide bonds. The third-order valence-corrected chi connectivity index (χ3v) is 2.56. The summed E-state index contributed by atoms with van der Waals surface area (Å²) < 4.78 is 18.5. The second-order valence-corrected chi connectivity index (χ2v) is 3.71. The molecule has 1 aliphatic heterocycles. The van der Waals surface area contributed by atoms with Crippen molar-refractivity contribution in [2.75, 3.05) is 26.3 Å². The number of pyridine rings is 1. The van der Waals surface area contributed by atoms with Crippen molar-refractivity contribution < 1.29 is 9.13 Å². The van der Waals surface area contributed by atoms with Crippen molar-refractivity contribution in [3.05, 3.63) is 29.8 Å². The van der Waals surface area contributed by atoms with Gasteiger partial charge < -0.3 is 15.4 Å². The van der Waals surface area contributed by atoms with Crippen LogP contribution in [-0.2, 0) is 11.3 Å². The van der Waals surface area contributed by atoms with Crippen LogP contribution in [0.3, 0.4) is 0 Å². The third-order valence-electron chi connectivity index (χ3n) is 2.56. The van der Waals surface area contributed by atoms with E-state index in [2.05, 4.69) is 9.98 Å². The van der Waals surface area contributed by atoms with Crippen molar-refractivity contribution in [1.82, 2.24) is 9.88 Å². The smallest absolute Gasteiger partial charge is 0.191 e. The lowest BCUT2D eigenvalue weighted by atomic mass is 10.3. The average Bonchev–Trinajstić information content (AvgIpc) is 2.38. The standard InChI is InChI=1S/C11H15FN4O.HI/c12-9-2-1-3-14-10(9)8-15-11(13)16-4-6-17-7-5-16;/h1-3H,4-8H2,(H2,13,15);1H. The molecular formula is C11H16FIN4O. The number of ether oxygens (including phenoxy) is 1. The fourth-order valence-corrected chi connectivity index (χ4v) is 1.58. The second kappa shape index (κ2) is 7.47. The molecule has 0 radical (unpaired) electrons. The van der Waals surface area contributed by atoms with Gasteiger partial charge in [-0.1, -0.05) is 0 Å². The number of halogens is 2. The van der Waals surface area contributed by atoms with Crippen LogP contribution in [0.4, 0.5) is 4.39 Å². The van der Waals surface area contributed by atoms with Crippen molar-refractivity contribution in [3.8, 4) is 0 Å². The predicted octanol–water partition coefficient (Wildman–Crippen LogP) is 0.986. The SMILES string of the molecule is I.NC(=NCc1ncccc1F)N1CCOCC1. The number of rotatable bonds is 2. The number of guanidine groups is 1. The van der Waals surface area contributed by atoms with Crippen LogP contribution in [0, 0.1) is 5.82 Å². The van der Waals surface area contributed by atoms with E-state index in [1.54, 1.807) is 12.3 Å². The minimum atomic E-state index is -0.356. The van der Waals surface area contributed by atoms with E-state index >= 15 is 0 Å². The molecule has 2 heterocycles. The summed E-state index contributed by atoms with van der Waals surface area (Å²) in [6.45, 7) is 2.90. The summed E-state index contributed by atoms with van der Waals surface area (Å²) in [5, 5.41) is 0. The lowest BCUT2D eigenvalue weighted by Crippen LogP contribution is -2.44. The van der Waals surface area contributed by atoms with Gasteiger partial charge in [-0.2, -0.15) is 0 Å². The molecule has 0 aliphatic carbocycles. The van der Waals surface area contributed by atoms with Gasteiger partial charge in [-0.15, -0.1) is 24.0 Å². The number of hydrogen-bond acceptors (Lipinski definition) is 3. The molecule has 0 unspecified atom stereocenters. The fourth-order valence-electron chi connectivity index (χ4n) is 1.58.